The lowest BCUT2D eigenvalue weighted by Crippen LogP contribution is -2.18. The van der Waals surface area contributed by atoms with Gasteiger partial charge in [-0.3, -0.25) is 0 Å². The quantitative estimate of drug-likeness (QED) is 0.691. The van der Waals surface area contributed by atoms with Crippen molar-refractivity contribution >= 4 is 23.4 Å². The van der Waals surface area contributed by atoms with Crippen LogP contribution in [-0.2, 0) is 6.42 Å². The molecule has 0 spiro atoms. The smallest absolute Gasteiger partial charge is 0.0541 e. The SMILES string of the molecule is CCCc1cccc(C(CSc2ccccc2Cl)NC)c1. The maximum Gasteiger partial charge on any atom is 0.0541 e. The van der Waals surface area contributed by atoms with Gasteiger partial charge in [-0.2, -0.15) is 0 Å². The van der Waals surface area contributed by atoms with Crippen molar-refractivity contribution in [2.24, 2.45) is 0 Å². The van der Waals surface area contributed by atoms with E-state index in [-0.39, 0.29) is 0 Å². The number of aryl methyl sites for hydroxylation is 1. The second kappa shape index (κ2) is 8.47. The van der Waals surface area contributed by atoms with Crippen LogP contribution >= 0.6 is 23.4 Å². The predicted molar refractivity (Wildman–Crippen MR) is 94.4 cm³/mol. The first-order valence-corrected chi connectivity index (χ1v) is 8.74. The van der Waals surface area contributed by atoms with Crippen molar-refractivity contribution in [2.45, 2.75) is 30.7 Å². The van der Waals surface area contributed by atoms with Gasteiger partial charge in [0.2, 0.25) is 0 Å². The molecular weight excluding hydrogens is 298 g/mol. The Balaban J connectivity index is 2.06. The van der Waals surface area contributed by atoms with Gasteiger partial charge in [-0.1, -0.05) is 61.3 Å². The molecule has 112 valence electrons. The van der Waals surface area contributed by atoms with E-state index in [4.69, 9.17) is 11.6 Å². The highest BCUT2D eigenvalue weighted by atomic mass is 35.5. The average Bonchev–Trinajstić information content (AvgIpc) is 2.50. The summed E-state index contributed by atoms with van der Waals surface area (Å²) in [6, 6.07) is 17.2. The number of hydrogen-bond acceptors (Lipinski definition) is 2. The third kappa shape index (κ3) is 4.77. The van der Waals surface area contributed by atoms with Crippen LogP contribution < -0.4 is 5.32 Å². The summed E-state index contributed by atoms with van der Waals surface area (Å²) in [5, 5.41) is 4.24. The van der Waals surface area contributed by atoms with Gasteiger partial charge in [-0.05, 0) is 36.7 Å². The van der Waals surface area contributed by atoms with Crippen molar-refractivity contribution in [1.82, 2.24) is 5.32 Å². The van der Waals surface area contributed by atoms with Crippen molar-refractivity contribution in [1.29, 1.82) is 0 Å². The van der Waals surface area contributed by atoms with Crippen molar-refractivity contribution in [2.75, 3.05) is 12.8 Å². The van der Waals surface area contributed by atoms with E-state index in [0.29, 0.717) is 6.04 Å². The zero-order chi connectivity index (χ0) is 15.1. The average molecular weight is 320 g/mol. The third-order valence-corrected chi connectivity index (χ3v) is 5.09. The van der Waals surface area contributed by atoms with Crippen LogP contribution in [0.1, 0.15) is 30.5 Å². The molecule has 1 nitrogen and oxygen atoms in total. The lowest BCUT2D eigenvalue weighted by molar-refractivity contribution is 0.660. The van der Waals surface area contributed by atoms with E-state index in [1.54, 1.807) is 11.8 Å². The van der Waals surface area contributed by atoms with Gasteiger partial charge in [0.25, 0.3) is 0 Å². The number of thioether (sulfide) groups is 1. The topological polar surface area (TPSA) is 12.0 Å². The van der Waals surface area contributed by atoms with Crippen LogP contribution in [0.5, 0.6) is 0 Å². The van der Waals surface area contributed by atoms with Crippen molar-refractivity contribution < 1.29 is 0 Å². The molecule has 2 aromatic rings. The molecule has 1 unspecified atom stereocenters. The van der Waals surface area contributed by atoms with E-state index < -0.39 is 0 Å². The third-order valence-electron chi connectivity index (χ3n) is 3.48. The fraction of sp³-hybridized carbons (Fsp3) is 0.333. The van der Waals surface area contributed by atoms with E-state index >= 15 is 0 Å². The van der Waals surface area contributed by atoms with Crippen LogP contribution in [0.15, 0.2) is 53.4 Å². The van der Waals surface area contributed by atoms with Crippen LogP contribution in [0.25, 0.3) is 0 Å². The summed E-state index contributed by atoms with van der Waals surface area (Å²) < 4.78 is 0. The Morgan fingerprint density at radius 2 is 1.95 bits per heavy atom. The number of hydrogen-bond donors (Lipinski definition) is 1. The Hall–Kier alpha value is -0.960. The van der Waals surface area contributed by atoms with Crippen molar-refractivity contribution in [3.05, 3.63) is 64.7 Å². The first kappa shape index (κ1) is 16.4. The molecule has 1 atom stereocenters. The zero-order valence-corrected chi connectivity index (χ0v) is 14.2. The maximum atomic E-state index is 6.22. The van der Waals surface area contributed by atoms with Crippen molar-refractivity contribution in [3.8, 4) is 0 Å². The Morgan fingerprint density at radius 3 is 2.67 bits per heavy atom. The first-order valence-electron chi connectivity index (χ1n) is 7.38. The summed E-state index contributed by atoms with van der Waals surface area (Å²) in [5.74, 6) is 0.968. The molecule has 0 heterocycles. The van der Waals surface area contributed by atoms with Crippen LogP contribution in [0.4, 0.5) is 0 Å². The molecule has 0 saturated heterocycles. The largest absolute Gasteiger partial charge is 0.312 e. The van der Waals surface area contributed by atoms with Crippen LogP contribution in [0.2, 0.25) is 5.02 Å². The van der Waals surface area contributed by atoms with E-state index in [1.807, 2.05) is 25.2 Å². The van der Waals surface area contributed by atoms with E-state index in [1.165, 1.54) is 17.5 Å². The lowest BCUT2D eigenvalue weighted by Gasteiger charge is -2.17. The molecule has 3 heteroatoms. The highest BCUT2D eigenvalue weighted by molar-refractivity contribution is 7.99. The first-order chi connectivity index (χ1) is 10.2. The summed E-state index contributed by atoms with van der Waals surface area (Å²) in [4.78, 5) is 1.14. The highest BCUT2D eigenvalue weighted by Gasteiger charge is 2.11. The molecule has 0 saturated carbocycles. The Labute approximate surface area is 137 Å². The van der Waals surface area contributed by atoms with Gasteiger partial charge in [0.05, 0.1) is 5.02 Å². The number of rotatable bonds is 7. The van der Waals surface area contributed by atoms with Crippen LogP contribution in [0, 0.1) is 0 Å². The fourth-order valence-electron chi connectivity index (χ4n) is 2.34. The summed E-state index contributed by atoms with van der Waals surface area (Å²) in [5.41, 5.74) is 2.76. The van der Waals surface area contributed by atoms with Gasteiger partial charge < -0.3 is 5.32 Å². The molecule has 0 radical (unpaired) electrons. The van der Waals surface area contributed by atoms with E-state index in [0.717, 1.165) is 22.1 Å². The maximum absolute atomic E-state index is 6.22. The summed E-state index contributed by atoms with van der Waals surface area (Å²) in [7, 11) is 2.02. The molecule has 0 aliphatic carbocycles. The Morgan fingerprint density at radius 1 is 1.14 bits per heavy atom. The molecule has 0 fully saturated rings. The van der Waals surface area contributed by atoms with Crippen LogP contribution in [0.3, 0.4) is 0 Å². The highest BCUT2D eigenvalue weighted by Crippen LogP contribution is 2.30. The molecule has 2 rings (SSSR count). The van der Waals surface area contributed by atoms with Gasteiger partial charge in [0.15, 0.2) is 0 Å². The summed E-state index contributed by atoms with van der Waals surface area (Å²) in [6.07, 6.45) is 2.32. The molecule has 0 aliphatic heterocycles. The molecular formula is C18H22ClNS. The Kier molecular flexibility index (Phi) is 6.62. The normalized spacial score (nSPS) is 12.3. The second-order valence-corrected chi connectivity index (χ2v) is 6.55. The van der Waals surface area contributed by atoms with Crippen LogP contribution in [-0.4, -0.2) is 12.8 Å². The minimum Gasteiger partial charge on any atom is -0.312 e. The van der Waals surface area contributed by atoms with Gasteiger partial charge in [-0.15, -0.1) is 11.8 Å². The molecule has 0 aliphatic rings. The minimum absolute atomic E-state index is 0.336. The molecule has 2 aromatic carbocycles. The summed E-state index contributed by atoms with van der Waals surface area (Å²) >= 11 is 8.02. The number of nitrogens with one attached hydrogen (secondary N) is 1. The van der Waals surface area contributed by atoms with Gasteiger partial charge in [0.1, 0.15) is 0 Å². The number of halogens is 1. The fourth-order valence-corrected chi connectivity index (χ4v) is 3.72. The molecule has 0 bridgehead atoms. The predicted octanol–water partition coefficient (Wildman–Crippen LogP) is 5.35. The van der Waals surface area contributed by atoms with Gasteiger partial charge in [-0.25, -0.2) is 0 Å². The zero-order valence-electron chi connectivity index (χ0n) is 12.6. The monoisotopic (exact) mass is 319 g/mol. The van der Waals surface area contributed by atoms with Gasteiger partial charge in [0, 0.05) is 16.7 Å². The molecule has 21 heavy (non-hydrogen) atoms. The summed E-state index contributed by atoms with van der Waals surface area (Å²) in [6.45, 7) is 2.22. The van der Waals surface area contributed by atoms with E-state index in [2.05, 4.69) is 42.6 Å². The molecule has 0 aromatic heterocycles. The van der Waals surface area contributed by atoms with E-state index in [9.17, 15) is 0 Å². The number of benzene rings is 2. The molecule has 1 N–H and O–H groups in total. The lowest BCUT2D eigenvalue weighted by atomic mass is 10.0. The molecule has 0 amide bonds. The second-order valence-electron chi connectivity index (χ2n) is 5.08. The Bertz CT molecular complexity index is 571. The standard InChI is InChI=1S/C18H22ClNS/c1-3-7-14-8-6-9-15(12-14)17(20-2)13-21-18-11-5-4-10-16(18)19/h4-6,8-12,17,20H,3,7,13H2,1-2H3. The minimum atomic E-state index is 0.336. The van der Waals surface area contributed by atoms with Crippen molar-refractivity contribution in [3.63, 3.8) is 0 Å². The van der Waals surface area contributed by atoms with Gasteiger partial charge >= 0.3 is 0 Å².